The molecule has 0 unspecified atom stereocenters. The minimum Gasteiger partial charge on any atom is -0.507 e. The molecular formula is C23H23NO4S. The summed E-state index contributed by atoms with van der Waals surface area (Å²) in [5.41, 5.74) is 4.25. The zero-order valence-corrected chi connectivity index (χ0v) is 17.3. The van der Waals surface area contributed by atoms with E-state index in [1.807, 2.05) is 23.6 Å². The molecule has 5 nitrogen and oxygen atoms in total. The van der Waals surface area contributed by atoms with E-state index in [1.54, 1.807) is 25.7 Å². The molecular weight excluding hydrogens is 386 g/mol. The van der Waals surface area contributed by atoms with Crippen LogP contribution in [0.5, 0.6) is 11.5 Å². The maximum absolute atomic E-state index is 10.6. The van der Waals surface area contributed by atoms with Gasteiger partial charge in [-0.15, -0.1) is 0 Å². The van der Waals surface area contributed by atoms with Crippen molar-refractivity contribution in [2.24, 2.45) is 0 Å². The molecule has 1 aliphatic heterocycles. The third-order valence-electron chi connectivity index (χ3n) is 4.91. The smallest absolute Gasteiger partial charge is 0.172 e. The van der Waals surface area contributed by atoms with Gasteiger partial charge in [0.05, 0.1) is 18.4 Å². The molecule has 0 saturated carbocycles. The molecule has 2 heterocycles. The summed E-state index contributed by atoms with van der Waals surface area (Å²) >= 11 is 1.32. The topological polar surface area (TPSA) is 60.8 Å². The third kappa shape index (κ3) is 3.93. The number of aromatic hydroxyl groups is 1. The van der Waals surface area contributed by atoms with Gasteiger partial charge >= 0.3 is 0 Å². The van der Waals surface area contributed by atoms with Gasteiger partial charge in [-0.1, -0.05) is 31.6 Å². The Labute approximate surface area is 174 Å². The summed E-state index contributed by atoms with van der Waals surface area (Å²) in [6, 6.07) is 3.60. The Balaban J connectivity index is 1.68. The summed E-state index contributed by atoms with van der Waals surface area (Å²) in [5.74, 6) is 2.09. The fourth-order valence-corrected chi connectivity index (χ4v) is 4.14. The minimum absolute atomic E-state index is 0.127. The first-order chi connectivity index (χ1) is 14.2. The summed E-state index contributed by atoms with van der Waals surface area (Å²) < 4.78 is 21.7. The molecule has 1 aromatic heterocycles. The van der Waals surface area contributed by atoms with Crippen molar-refractivity contribution in [2.75, 3.05) is 7.11 Å². The van der Waals surface area contributed by atoms with Gasteiger partial charge in [0.15, 0.2) is 11.5 Å². The summed E-state index contributed by atoms with van der Waals surface area (Å²) in [4.78, 5) is 0. The quantitative estimate of drug-likeness (QED) is 0.640. The van der Waals surface area contributed by atoms with Gasteiger partial charge in [0.2, 0.25) is 0 Å². The number of allylic oxidation sites excluding steroid dienone is 4. The predicted octanol–water partition coefficient (Wildman–Crippen LogP) is 5.94. The van der Waals surface area contributed by atoms with E-state index in [-0.39, 0.29) is 5.75 Å². The van der Waals surface area contributed by atoms with Crippen molar-refractivity contribution >= 4 is 17.3 Å². The number of methoxy groups -OCH3 is 1. The third-order valence-corrected chi connectivity index (χ3v) is 5.54. The lowest BCUT2D eigenvalue weighted by Crippen LogP contribution is -2.04. The fraction of sp³-hybridized carbons (Fsp3) is 0.261. The van der Waals surface area contributed by atoms with E-state index < -0.39 is 0 Å². The molecule has 150 valence electrons. The number of rotatable bonds is 6. The van der Waals surface area contributed by atoms with Gasteiger partial charge in [-0.2, -0.15) is 4.37 Å². The zero-order valence-electron chi connectivity index (χ0n) is 16.5. The Kier molecular flexibility index (Phi) is 5.71. The van der Waals surface area contributed by atoms with Crippen molar-refractivity contribution in [1.29, 1.82) is 0 Å². The number of nitrogens with zero attached hydrogens (tertiary/aromatic N) is 1. The van der Waals surface area contributed by atoms with Crippen molar-refractivity contribution in [1.82, 2.24) is 4.37 Å². The predicted molar refractivity (Wildman–Crippen MR) is 114 cm³/mol. The normalized spacial score (nSPS) is 15.7. The van der Waals surface area contributed by atoms with Gasteiger partial charge in [0.25, 0.3) is 0 Å². The highest BCUT2D eigenvalue weighted by Gasteiger charge is 2.23. The van der Waals surface area contributed by atoms with Crippen molar-refractivity contribution in [3.63, 3.8) is 0 Å². The monoisotopic (exact) mass is 409 g/mol. The SMILES string of the molecule is CCCc1cc(-c2nscc2C2=COC=C(C3=CC=CCC3)O2)c(O)cc1OC. The molecule has 1 aliphatic carbocycles. The van der Waals surface area contributed by atoms with Crippen LogP contribution >= 0.6 is 11.5 Å². The van der Waals surface area contributed by atoms with Crippen molar-refractivity contribution in [3.05, 3.63) is 70.7 Å². The maximum atomic E-state index is 10.6. The number of ether oxygens (including phenoxy) is 3. The molecule has 0 fully saturated rings. The first-order valence-electron chi connectivity index (χ1n) is 9.66. The van der Waals surface area contributed by atoms with Crippen LogP contribution in [0.4, 0.5) is 0 Å². The van der Waals surface area contributed by atoms with Gasteiger partial charge in [-0.3, -0.25) is 0 Å². The molecule has 4 rings (SSSR count). The van der Waals surface area contributed by atoms with Crippen LogP contribution in [-0.2, 0) is 15.9 Å². The van der Waals surface area contributed by atoms with E-state index in [9.17, 15) is 5.11 Å². The molecule has 0 spiro atoms. The van der Waals surface area contributed by atoms with Crippen molar-refractivity contribution < 1.29 is 19.3 Å². The van der Waals surface area contributed by atoms with E-state index in [1.165, 1.54) is 11.5 Å². The molecule has 2 aromatic rings. The number of hydrogen-bond acceptors (Lipinski definition) is 6. The first-order valence-corrected chi connectivity index (χ1v) is 10.5. The lowest BCUT2D eigenvalue weighted by Gasteiger charge is -2.20. The lowest BCUT2D eigenvalue weighted by atomic mass is 10.00. The number of phenolic OH excluding ortho intramolecular Hbond substituents is 1. The number of phenols is 1. The average molecular weight is 410 g/mol. The van der Waals surface area contributed by atoms with Crippen LogP contribution in [0.15, 0.2) is 59.6 Å². The molecule has 0 saturated heterocycles. The summed E-state index contributed by atoms with van der Waals surface area (Å²) in [6.07, 6.45) is 13.1. The summed E-state index contributed by atoms with van der Waals surface area (Å²) in [5, 5.41) is 12.5. The molecule has 0 atom stereocenters. The van der Waals surface area contributed by atoms with Crippen LogP contribution in [0, 0.1) is 0 Å². The number of hydrogen-bond donors (Lipinski definition) is 1. The number of aryl methyl sites for hydroxylation is 1. The van der Waals surface area contributed by atoms with E-state index in [0.29, 0.717) is 28.5 Å². The van der Waals surface area contributed by atoms with Crippen LogP contribution in [0.2, 0.25) is 0 Å². The second-order valence-electron chi connectivity index (χ2n) is 6.87. The number of benzene rings is 1. The van der Waals surface area contributed by atoms with Gasteiger partial charge in [-0.25, -0.2) is 0 Å². The maximum Gasteiger partial charge on any atom is 0.172 e. The highest BCUT2D eigenvalue weighted by atomic mass is 32.1. The molecule has 6 heteroatoms. The lowest BCUT2D eigenvalue weighted by molar-refractivity contribution is 0.285. The highest BCUT2D eigenvalue weighted by Crippen LogP contribution is 2.41. The second kappa shape index (κ2) is 8.57. The molecule has 0 bridgehead atoms. The van der Waals surface area contributed by atoms with Crippen LogP contribution in [0.1, 0.15) is 37.3 Å². The van der Waals surface area contributed by atoms with Crippen molar-refractivity contribution in [2.45, 2.75) is 32.6 Å². The van der Waals surface area contributed by atoms with Crippen LogP contribution in [0.3, 0.4) is 0 Å². The minimum atomic E-state index is 0.127. The van der Waals surface area contributed by atoms with E-state index >= 15 is 0 Å². The summed E-state index contributed by atoms with van der Waals surface area (Å²) in [7, 11) is 1.61. The fourth-order valence-electron chi connectivity index (χ4n) is 3.46. The van der Waals surface area contributed by atoms with E-state index in [2.05, 4.69) is 17.4 Å². The van der Waals surface area contributed by atoms with Gasteiger partial charge in [-0.05, 0) is 48.0 Å². The Bertz CT molecular complexity index is 1030. The Hall–Kier alpha value is -2.99. The van der Waals surface area contributed by atoms with Gasteiger partial charge in [0, 0.05) is 17.0 Å². The van der Waals surface area contributed by atoms with Crippen LogP contribution in [0.25, 0.3) is 17.0 Å². The van der Waals surface area contributed by atoms with Crippen LogP contribution in [-0.4, -0.2) is 16.6 Å². The Morgan fingerprint density at radius 1 is 1.21 bits per heavy atom. The summed E-state index contributed by atoms with van der Waals surface area (Å²) in [6.45, 7) is 2.11. The molecule has 0 amide bonds. The largest absolute Gasteiger partial charge is 0.507 e. The van der Waals surface area contributed by atoms with Gasteiger partial charge in [0.1, 0.15) is 24.0 Å². The molecule has 1 N–H and O–H groups in total. The first kappa shape index (κ1) is 19.3. The second-order valence-corrected chi connectivity index (χ2v) is 7.50. The standard InChI is InChI=1S/C23H23NO4S/c1-3-7-16-10-17(19(25)11-20(16)26-2)23-18(14-29-24-23)22-13-27-12-21(28-22)15-8-5-4-6-9-15/h4-5,8,10-14,25H,3,6-7,9H2,1-2H3. The zero-order chi connectivity index (χ0) is 20.2. The molecule has 2 aliphatic rings. The van der Waals surface area contributed by atoms with Crippen molar-refractivity contribution in [3.8, 4) is 22.8 Å². The van der Waals surface area contributed by atoms with E-state index in [4.69, 9.17) is 14.2 Å². The highest BCUT2D eigenvalue weighted by molar-refractivity contribution is 7.04. The van der Waals surface area contributed by atoms with Crippen LogP contribution < -0.4 is 4.74 Å². The van der Waals surface area contributed by atoms with Gasteiger partial charge < -0.3 is 19.3 Å². The van der Waals surface area contributed by atoms with E-state index in [0.717, 1.165) is 42.4 Å². The number of aromatic nitrogens is 1. The average Bonchev–Trinajstić information content (AvgIpc) is 3.25. The molecule has 1 aromatic carbocycles. The Morgan fingerprint density at radius 2 is 2.07 bits per heavy atom. The molecule has 29 heavy (non-hydrogen) atoms. The Morgan fingerprint density at radius 3 is 2.83 bits per heavy atom. The molecule has 0 radical (unpaired) electrons.